The quantitative estimate of drug-likeness (QED) is 0.524. The number of benzene rings is 3. The Balaban J connectivity index is 1.71. The highest BCUT2D eigenvalue weighted by Crippen LogP contribution is 2.45. The Morgan fingerprint density at radius 2 is 1.70 bits per heavy atom. The molecule has 0 radical (unpaired) electrons. The number of ether oxygens (including phenoxy) is 3. The zero-order chi connectivity index (χ0) is 23.5. The molecule has 33 heavy (non-hydrogen) atoms. The van der Waals surface area contributed by atoms with Crippen molar-refractivity contribution in [2.45, 2.75) is 19.4 Å². The van der Waals surface area contributed by atoms with Crippen LogP contribution in [-0.4, -0.2) is 44.9 Å². The van der Waals surface area contributed by atoms with Gasteiger partial charge in [0, 0.05) is 37.2 Å². The van der Waals surface area contributed by atoms with Gasteiger partial charge in [0.25, 0.3) is 5.91 Å². The summed E-state index contributed by atoms with van der Waals surface area (Å²) in [6.45, 7) is 0.245. The zero-order valence-electron chi connectivity index (χ0n) is 19.3. The smallest absolute Gasteiger partial charge is 0.253 e. The van der Waals surface area contributed by atoms with Crippen LogP contribution in [-0.2, 0) is 13.0 Å². The SMILES string of the molecule is COc1ccc(-c2ccc3c(c2)CCC3=O)c(OCc2cccc(C(=O)N(C)C)c2)c1OC. The van der Waals surface area contributed by atoms with Crippen LogP contribution < -0.4 is 14.2 Å². The van der Waals surface area contributed by atoms with Gasteiger partial charge >= 0.3 is 0 Å². The minimum absolute atomic E-state index is 0.0656. The topological polar surface area (TPSA) is 65.1 Å². The molecule has 1 aliphatic rings. The van der Waals surface area contributed by atoms with Crippen LogP contribution in [0.5, 0.6) is 17.2 Å². The van der Waals surface area contributed by atoms with E-state index in [2.05, 4.69) is 0 Å². The molecule has 0 aromatic heterocycles. The lowest BCUT2D eigenvalue weighted by molar-refractivity contribution is 0.0827. The van der Waals surface area contributed by atoms with Crippen LogP contribution in [0.1, 0.15) is 38.3 Å². The maximum Gasteiger partial charge on any atom is 0.253 e. The molecule has 0 heterocycles. The minimum atomic E-state index is -0.0656. The largest absolute Gasteiger partial charge is 0.493 e. The lowest BCUT2D eigenvalue weighted by Gasteiger charge is -2.18. The van der Waals surface area contributed by atoms with Gasteiger partial charge in [-0.1, -0.05) is 30.3 Å². The number of nitrogens with zero attached hydrogens (tertiary/aromatic N) is 1. The van der Waals surface area contributed by atoms with Crippen molar-refractivity contribution in [1.82, 2.24) is 4.90 Å². The third-order valence-corrected chi connectivity index (χ3v) is 5.80. The molecule has 0 bridgehead atoms. The van der Waals surface area contributed by atoms with Crippen LogP contribution in [0.4, 0.5) is 0 Å². The second-order valence-corrected chi connectivity index (χ2v) is 8.16. The lowest BCUT2D eigenvalue weighted by atomic mass is 9.99. The van der Waals surface area contributed by atoms with Crippen LogP contribution in [0.2, 0.25) is 0 Å². The summed E-state index contributed by atoms with van der Waals surface area (Å²) in [7, 11) is 6.61. The summed E-state index contributed by atoms with van der Waals surface area (Å²) >= 11 is 0. The Kier molecular flexibility index (Phi) is 6.36. The first-order valence-electron chi connectivity index (χ1n) is 10.8. The number of fused-ring (bicyclic) bond motifs is 1. The number of hydrogen-bond acceptors (Lipinski definition) is 5. The van der Waals surface area contributed by atoms with Crippen LogP contribution in [0, 0.1) is 0 Å². The molecule has 3 aromatic rings. The molecule has 0 saturated heterocycles. The molecule has 0 unspecified atom stereocenters. The average molecular weight is 446 g/mol. The van der Waals surface area contributed by atoms with Crippen molar-refractivity contribution >= 4 is 11.7 Å². The van der Waals surface area contributed by atoms with Crippen molar-refractivity contribution in [3.63, 3.8) is 0 Å². The summed E-state index contributed by atoms with van der Waals surface area (Å²) in [4.78, 5) is 25.9. The van der Waals surface area contributed by atoms with Gasteiger partial charge in [0.05, 0.1) is 14.2 Å². The summed E-state index contributed by atoms with van der Waals surface area (Å²) in [5.41, 5.74) is 5.09. The highest BCUT2D eigenvalue weighted by atomic mass is 16.5. The summed E-state index contributed by atoms with van der Waals surface area (Å²) in [5, 5.41) is 0. The Labute approximate surface area is 193 Å². The number of carbonyl (C=O) groups excluding carboxylic acids is 2. The van der Waals surface area contributed by atoms with Gasteiger partial charge in [-0.05, 0) is 47.4 Å². The average Bonchev–Trinajstić information content (AvgIpc) is 3.21. The van der Waals surface area contributed by atoms with Crippen LogP contribution >= 0.6 is 0 Å². The molecular formula is C27H27NO5. The molecule has 1 aliphatic carbocycles. The van der Waals surface area contributed by atoms with Crippen molar-refractivity contribution in [3.8, 4) is 28.4 Å². The van der Waals surface area contributed by atoms with Crippen molar-refractivity contribution in [3.05, 3.63) is 76.9 Å². The van der Waals surface area contributed by atoms with Crippen molar-refractivity contribution in [2.75, 3.05) is 28.3 Å². The summed E-state index contributed by atoms with van der Waals surface area (Å²) in [6.07, 6.45) is 1.30. The predicted octanol–water partition coefficient (Wildman–Crippen LogP) is 4.78. The number of methoxy groups -OCH3 is 2. The molecule has 0 atom stereocenters. The van der Waals surface area contributed by atoms with Gasteiger partial charge in [-0.25, -0.2) is 0 Å². The molecule has 6 nitrogen and oxygen atoms in total. The highest BCUT2D eigenvalue weighted by Gasteiger charge is 2.23. The second-order valence-electron chi connectivity index (χ2n) is 8.16. The fourth-order valence-electron chi connectivity index (χ4n) is 4.10. The first kappa shape index (κ1) is 22.4. The van der Waals surface area contributed by atoms with Crippen molar-refractivity contribution in [2.24, 2.45) is 0 Å². The first-order valence-corrected chi connectivity index (χ1v) is 10.8. The third kappa shape index (κ3) is 4.42. The minimum Gasteiger partial charge on any atom is -0.493 e. The number of carbonyl (C=O) groups is 2. The summed E-state index contributed by atoms with van der Waals surface area (Å²) < 4.78 is 17.4. The van der Waals surface area contributed by atoms with Gasteiger partial charge in [-0.3, -0.25) is 9.59 Å². The fourth-order valence-corrected chi connectivity index (χ4v) is 4.10. The number of hydrogen-bond donors (Lipinski definition) is 0. The van der Waals surface area contributed by atoms with Gasteiger partial charge in [0.1, 0.15) is 6.61 Å². The van der Waals surface area contributed by atoms with Gasteiger partial charge in [0.2, 0.25) is 5.75 Å². The molecule has 6 heteroatoms. The molecule has 0 spiro atoms. The van der Waals surface area contributed by atoms with Gasteiger partial charge in [-0.15, -0.1) is 0 Å². The van der Waals surface area contributed by atoms with Crippen LogP contribution in [0.3, 0.4) is 0 Å². The number of amides is 1. The number of rotatable bonds is 7. The van der Waals surface area contributed by atoms with E-state index in [0.29, 0.717) is 29.2 Å². The summed E-state index contributed by atoms with van der Waals surface area (Å²) in [6, 6.07) is 17.0. The molecule has 3 aromatic carbocycles. The Morgan fingerprint density at radius 3 is 2.42 bits per heavy atom. The second kappa shape index (κ2) is 9.36. The fraction of sp³-hybridized carbons (Fsp3) is 0.259. The molecule has 0 fully saturated rings. The highest BCUT2D eigenvalue weighted by molar-refractivity contribution is 6.01. The zero-order valence-corrected chi connectivity index (χ0v) is 19.3. The van der Waals surface area contributed by atoms with E-state index >= 15 is 0 Å². The van der Waals surface area contributed by atoms with E-state index < -0.39 is 0 Å². The van der Waals surface area contributed by atoms with Crippen LogP contribution in [0.25, 0.3) is 11.1 Å². The van der Waals surface area contributed by atoms with E-state index in [4.69, 9.17) is 14.2 Å². The van der Waals surface area contributed by atoms with E-state index in [1.165, 1.54) is 0 Å². The molecule has 0 aliphatic heterocycles. The number of ketones is 1. The van der Waals surface area contributed by atoms with E-state index in [9.17, 15) is 9.59 Å². The van der Waals surface area contributed by atoms with Gasteiger partial charge in [0.15, 0.2) is 17.3 Å². The molecular weight excluding hydrogens is 418 g/mol. The molecule has 0 N–H and O–H groups in total. The van der Waals surface area contributed by atoms with E-state index in [0.717, 1.165) is 34.2 Å². The molecule has 4 rings (SSSR count). The molecule has 170 valence electrons. The first-order chi connectivity index (χ1) is 15.9. The van der Waals surface area contributed by atoms with Gasteiger partial charge < -0.3 is 19.1 Å². The normalized spacial score (nSPS) is 12.3. The van der Waals surface area contributed by atoms with E-state index in [-0.39, 0.29) is 18.3 Å². The maximum absolute atomic E-state index is 12.3. The van der Waals surface area contributed by atoms with Crippen LogP contribution in [0.15, 0.2) is 54.6 Å². The molecule has 0 saturated carbocycles. The van der Waals surface area contributed by atoms with E-state index in [1.807, 2.05) is 48.5 Å². The van der Waals surface area contributed by atoms with Gasteiger partial charge in [-0.2, -0.15) is 0 Å². The maximum atomic E-state index is 12.3. The van der Waals surface area contributed by atoms with E-state index in [1.54, 1.807) is 39.3 Å². The molecule has 1 amide bonds. The Morgan fingerprint density at radius 1 is 0.909 bits per heavy atom. The summed E-state index contributed by atoms with van der Waals surface area (Å²) in [5.74, 6) is 1.72. The Hall–Kier alpha value is -3.80. The standard InChI is InChI=1S/C27H27NO5/c1-28(2)27(30)20-7-5-6-17(14-20)16-33-25-22(11-13-24(31-3)26(25)32-4)19-8-10-21-18(15-19)9-12-23(21)29/h5-8,10-11,13-15H,9,12,16H2,1-4H3. The lowest BCUT2D eigenvalue weighted by Crippen LogP contribution is -2.21. The van der Waals surface area contributed by atoms with Crippen molar-refractivity contribution in [1.29, 1.82) is 0 Å². The number of Topliss-reactive ketones (excluding diaryl/α,β-unsaturated/α-hetero) is 1. The third-order valence-electron chi connectivity index (χ3n) is 5.80. The monoisotopic (exact) mass is 445 g/mol. The predicted molar refractivity (Wildman–Crippen MR) is 126 cm³/mol. The Bertz CT molecular complexity index is 1220. The number of aryl methyl sites for hydroxylation is 1. The van der Waals surface area contributed by atoms with Crippen molar-refractivity contribution < 1.29 is 23.8 Å².